The molecule has 0 aliphatic carbocycles. The molecule has 2 atom stereocenters. The largest absolute Gasteiger partial charge is 0.344 e. The molecule has 2 unspecified atom stereocenters. The average Bonchev–Trinajstić information content (AvgIpc) is 2.43. The smallest absolute Gasteiger partial charge is 0.222 e. The molecule has 1 saturated heterocycles. The Morgan fingerprint density at radius 3 is 2.63 bits per heavy atom. The lowest BCUT2D eigenvalue weighted by atomic mass is 10.0. The van der Waals surface area contributed by atoms with Gasteiger partial charge in [0.2, 0.25) is 5.91 Å². The number of piperidine rings is 1. The fourth-order valence-electron chi connectivity index (χ4n) is 2.49. The summed E-state index contributed by atoms with van der Waals surface area (Å²) in [6, 6.07) is 9.41. The molecule has 1 aliphatic heterocycles. The molecule has 1 amide bonds. The van der Waals surface area contributed by atoms with Gasteiger partial charge in [-0.2, -0.15) is 0 Å². The molecule has 0 spiro atoms. The number of amides is 1. The van der Waals surface area contributed by atoms with E-state index >= 15 is 0 Å². The highest BCUT2D eigenvalue weighted by Crippen LogP contribution is 2.20. The molecule has 0 saturated carbocycles. The van der Waals surface area contributed by atoms with Crippen LogP contribution >= 0.6 is 11.8 Å². The van der Waals surface area contributed by atoms with Crippen molar-refractivity contribution in [2.24, 2.45) is 0 Å². The lowest BCUT2D eigenvalue weighted by molar-refractivity contribution is -0.132. The fourth-order valence-corrected chi connectivity index (χ4v) is 2.90. The molecule has 19 heavy (non-hydrogen) atoms. The van der Waals surface area contributed by atoms with Crippen molar-refractivity contribution in [2.75, 3.05) is 19.8 Å². The number of likely N-dealkylation sites (tertiary alicyclic amines) is 1. The average molecular weight is 278 g/mol. The lowest BCUT2D eigenvalue weighted by Gasteiger charge is -2.32. The van der Waals surface area contributed by atoms with Crippen LogP contribution in [-0.2, 0) is 4.79 Å². The van der Waals surface area contributed by atoms with Crippen molar-refractivity contribution in [1.82, 2.24) is 10.2 Å². The molecular weight excluding hydrogens is 256 g/mol. The first kappa shape index (κ1) is 14.4. The molecule has 2 rings (SSSR count). The standard InChI is InChI=1S/C15H22N2OS/c1-11(12-4-7-14(19-3)8-5-12)16-13-6-9-15(18)17(2)10-13/h4-5,7-8,11,13,16H,6,9-10H2,1-3H3. The van der Waals surface area contributed by atoms with Gasteiger partial charge in [-0.1, -0.05) is 12.1 Å². The van der Waals surface area contributed by atoms with Crippen molar-refractivity contribution in [3.8, 4) is 0 Å². The zero-order valence-corrected chi connectivity index (χ0v) is 12.7. The first-order chi connectivity index (χ1) is 9.10. The molecule has 1 aromatic carbocycles. The van der Waals surface area contributed by atoms with E-state index in [1.54, 1.807) is 11.8 Å². The minimum atomic E-state index is 0.259. The number of nitrogens with zero attached hydrogens (tertiary/aromatic N) is 1. The van der Waals surface area contributed by atoms with E-state index in [0.29, 0.717) is 18.5 Å². The fraction of sp³-hybridized carbons (Fsp3) is 0.533. The van der Waals surface area contributed by atoms with Gasteiger partial charge in [-0.05, 0) is 37.3 Å². The molecule has 1 heterocycles. The van der Waals surface area contributed by atoms with Crippen molar-refractivity contribution >= 4 is 17.7 Å². The third-order valence-electron chi connectivity index (χ3n) is 3.73. The molecule has 4 heteroatoms. The molecule has 0 aromatic heterocycles. The van der Waals surface area contributed by atoms with Crippen molar-refractivity contribution in [2.45, 2.75) is 36.7 Å². The van der Waals surface area contributed by atoms with E-state index in [9.17, 15) is 4.79 Å². The van der Waals surface area contributed by atoms with E-state index in [4.69, 9.17) is 0 Å². The third kappa shape index (κ3) is 3.74. The molecule has 1 aliphatic rings. The van der Waals surface area contributed by atoms with Crippen molar-refractivity contribution in [3.63, 3.8) is 0 Å². The second-order valence-electron chi connectivity index (χ2n) is 5.17. The normalized spacial score (nSPS) is 21.5. The first-order valence-corrected chi connectivity index (χ1v) is 7.96. The second-order valence-corrected chi connectivity index (χ2v) is 6.05. The van der Waals surface area contributed by atoms with Gasteiger partial charge < -0.3 is 10.2 Å². The minimum absolute atomic E-state index is 0.259. The Kier molecular flexibility index (Phi) is 4.88. The summed E-state index contributed by atoms with van der Waals surface area (Å²) in [6.45, 7) is 3.00. The predicted octanol–water partition coefficient (Wildman–Crippen LogP) is 2.68. The van der Waals surface area contributed by atoms with Crippen LogP contribution in [-0.4, -0.2) is 36.7 Å². The number of rotatable bonds is 4. The highest BCUT2D eigenvalue weighted by molar-refractivity contribution is 7.98. The van der Waals surface area contributed by atoms with Crippen LogP contribution in [0, 0.1) is 0 Å². The van der Waals surface area contributed by atoms with Crippen LogP contribution in [0.15, 0.2) is 29.2 Å². The van der Waals surface area contributed by atoms with Gasteiger partial charge in [0.05, 0.1) is 0 Å². The number of carbonyl (C=O) groups excluding carboxylic acids is 1. The van der Waals surface area contributed by atoms with Gasteiger partial charge in [-0.15, -0.1) is 11.8 Å². The van der Waals surface area contributed by atoms with E-state index in [-0.39, 0.29) is 5.91 Å². The molecule has 0 bridgehead atoms. The number of benzene rings is 1. The molecule has 1 fully saturated rings. The van der Waals surface area contributed by atoms with E-state index < -0.39 is 0 Å². The van der Waals surface area contributed by atoms with E-state index in [2.05, 4.69) is 42.8 Å². The van der Waals surface area contributed by atoms with Gasteiger partial charge in [0.25, 0.3) is 0 Å². The number of thioether (sulfide) groups is 1. The zero-order chi connectivity index (χ0) is 13.8. The van der Waals surface area contributed by atoms with Gasteiger partial charge in [0.15, 0.2) is 0 Å². The van der Waals surface area contributed by atoms with Gasteiger partial charge in [-0.25, -0.2) is 0 Å². The van der Waals surface area contributed by atoms with Crippen molar-refractivity contribution in [1.29, 1.82) is 0 Å². The maximum atomic E-state index is 11.5. The summed E-state index contributed by atoms with van der Waals surface area (Å²) in [4.78, 5) is 14.6. The van der Waals surface area contributed by atoms with Crippen LogP contribution < -0.4 is 5.32 Å². The highest BCUT2D eigenvalue weighted by atomic mass is 32.2. The van der Waals surface area contributed by atoms with Gasteiger partial charge in [0.1, 0.15) is 0 Å². The van der Waals surface area contributed by atoms with Gasteiger partial charge in [-0.3, -0.25) is 4.79 Å². The summed E-state index contributed by atoms with van der Waals surface area (Å²) in [6.07, 6.45) is 3.69. The SMILES string of the molecule is CSc1ccc(C(C)NC2CCC(=O)N(C)C2)cc1. The quantitative estimate of drug-likeness (QED) is 0.860. The number of nitrogens with one attached hydrogen (secondary N) is 1. The Bertz CT molecular complexity index is 432. The summed E-state index contributed by atoms with van der Waals surface area (Å²) >= 11 is 1.76. The van der Waals surface area contributed by atoms with E-state index in [1.807, 2.05) is 11.9 Å². The Hall–Kier alpha value is -1.00. The maximum absolute atomic E-state index is 11.5. The molecule has 104 valence electrons. The van der Waals surface area contributed by atoms with E-state index in [0.717, 1.165) is 13.0 Å². The van der Waals surface area contributed by atoms with Gasteiger partial charge >= 0.3 is 0 Å². The number of hydrogen-bond acceptors (Lipinski definition) is 3. The molecular formula is C15H22N2OS. The van der Waals surface area contributed by atoms with Crippen molar-refractivity contribution in [3.05, 3.63) is 29.8 Å². The molecule has 3 nitrogen and oxygen atoms in total. The molecule has 1 aromatic rings. The van der Waals surface area contributed by atoms with Crippen LogP contribution in [0.2, 0.25) is 0 Å². The maximum Gasteiger partial charge on any atom is 0.222 e. The third-order valence-corrected chi connectivity index (χ3v) is 4.47. The minimum Gasteiger partial charge on any atom is -0.344 e. The Morgan fingerprint density at radius 2 is 2.05 bits per heavy atom. The summed E-state index contributed by atoms with van der Waals surface area (Å²) in [7, 11) is 1.88. The number of carbonyl (C=O) groups is 1. The summed E-state index contributed by atoms with van der Waals surface area (Å²) in [5.41, 5.74) is 1.30. The topological polar surface area (TPSA) is 32.3 Å². The predicted molar refractivity (Wildman–Crippen MR) is 80.4 cm³/mol. The number of likely N-dealkylation sites (N-methyl/N-ethyl adjacent to an activating group) is 1. The number of hydrogen-bond donors (Lipinski definition) is 1. The lowest BCUT2D eigenvalue weighted by Crippen LogP contribution is -2.47. The van der Waals surface area contributed by atoms with Crippen LogP contribution in [0.3, 0.4) is 0 Å². The molecule has 1 N–H and O–H groups in total. The Labute approximate surface area is 119 Å². The van der Waals surface area contributed by atoms with Crippen LogP contribution in [0.5, 0.6) is 0 Å². The summed E-state index contributed by atoms with van der Waals surface area (Å²) in [5.74, 6) is 0.259. The second kappa shape index (κ2) is 6.44. The van der Waals surface area contributed by atoms with Crippen molar-refractivity contribution < 1.29 is 4.79 Å². The molecule has 0 radical (unpaired) electrons. The van der Waals surface area contributed by atoms with Crippen LogP contribution in [0.1, 0.15) is 31.4 Å². The Balaban J connectivity index is 1.92. The zero-order valence-electron chi connectivity index (χ0n) is 11.8. The first-order valence-electron chi connectivity index (χ1n) is 6.74. The van der Waals surface area contributed by atoms with Crippen LogP contribution in [0.4, 0.5) is 0 Å². The van der Waals surface area contributed by atoms with E-state index in [1.165, 1.54) is 10.5 Å². The summed E-state index contributed by atoms with van der Waals surface area (Å²) in [5, 5.41) is 3.62. The Morgan fingerprint density at radius 1 is 1.37 bits per heavy atom. The van der Waals surface area contributed by atoms with Gasteiger partial charge in [0, 0.05) is 37.0 Å². The highest BCUT2D eigenvalue weighted by Gasteiger charge is 2.23. The monoisotopic (exact) mass is 278 g/mol. The summed E-state index contributed by atoms with van der Waals surface area (Å²) < 4.78 is 0. The van der Waals surface area contributed by atoms with Crippen LogP contribution in [0.25, 0.3) is 0 Å².